The van der Waals surface area contributed by atoms with E-state index >= 15 is 0 Å². The molecule has 0 bridgehead atoms. The molecule has 138 valence electrons. The van der Waals surface area contributed by atoms with E-state index in [1.165, 1.54) is 0 Å². The van der Waals surface area contributed by atoms with Gasteiger partial charge in [0.15, 0.2) is 0 Å². The van der Waals surface area contributed by atoms with Crippen LogP contribution < -0.4 is 10.6 Å². The summed E-state index contributed by atoms with van der Waals surface area (Å²) in [6.07, 6.45) is 0.470. The zero-order valence-electron chi connectivity index (χ0n) is 15.8. The number of nitrogens with one attached hydrogen (secondary N) is 2. The van der Waals surface area contributed by atoms with Crippen molar-refractivity contribution in [3.63, 3.8) is 0 Å². The van der Waals surface area contributed by atoms with Gasteiger partial charge >= 0.3 is 0 Å². The van der Waals surface area contributed by atoms with E-state index in [0.717, 1.165) is 11.1 Å². The summed E-state index contributed by atoms with van der Waals surface area (Å²) >= 11 is 0. The second-order valence-electron chi connectivity index (χ2n) is 7.63. The van der Waals surface area contributed by atoms with E-state index in [0.29, 0.717) is 19.5 Å². The molecule has 0 unspecified atom stereocenters. The Labute approximate surface area is 156 Å². The fourth-order valence-corrected chi connectivity index (χ4v) is 2.82. The minimum absolute atomic E-state index is 0.00872. The van der Waals surface area contributed by atoms with Crippen LogP contribution in [0.2, 0.25) is 0 Å². The molecule has 2 aromatic carbocycles. The third-order valence-corrected chi connectivity index (χ3v) is 3.97. The van der Waals surface area contributed by atoms with E-state index < -0.39 is 0 Å². The SMILES string of the molecule is CC(C)(C)CC(=O)NCCNC(=O)C(c1ccccc1)c1ccccc1. The van der Waals surface area contributed by atoms with Gasteiger partial charge in [0.2, 0.25) is 11.8 Å². The number of rotatable bonds is 7. The van der Waals surface area contributed by atoms with E-state index in [1.807, 2.05) is 81.4 Å². The van der Waals surface area contributed by atoms with Gasteiger partial charge in [0.1, 0.15) is 0 Å². The largest absolute Gasteiger partial charge is 0.354 e. The molecular formula is C22H28N2O2. The molecule has 4 nitrogen and oxygen atoms in total. The van der Waals surface area contributed by atoms with Crippen molar-refractivity contribution in [2.75, 3.05) is 13.1 Å². The van der Waals surface area contributed by atoms with Crippen molar-refractivity contribution < 1.29 is 9.59 Å². The number of hydrogen-bond donors (Lipinski definition) is 2. The van der Waals surface area contributed by atoms with Gasteiger partial charge in [-0.05, 0) is 16.5 Å². The lowest BCUT2D eigenvalue weighted by Crippen LogP contribution is -2.38. The summed E-state index contributed by atoms with van der Waals surface area (Å²) in [4.78, 5) is 24.7. The topological polar surface area (TPSA) is 58.2 Å². The van der Waals surface area contributed by atoms with Gasteiger partial charge in [0, 0.05) is 19.5 Å². The highest BCUT2D eigenvalue weighted by molar-refractivity contribution is 5.87. The Bertz CT molecular complexity index is 666. The molecule has 0 aliphatic rings. The van der Waals surface area contributed by atoms with Crippen LogP contribution in [0.15, 0.2) is 60.7 Å². The molecule has 0 aliphatic heterocycles. The summed E-state index contributed by atoms with van der Waals surface area (Å²) in [5.41, 5.74) is 1.86. The number of hydrogen-bond acceptors (Lipinski definition) is 2. The van der Waals surface area contributed by atoms with Crippen LogP contribution in [-0.4, -0.2) is 24.9 Å². The summed E-state index contributed by atoms with van der Waals surface area (Å²) < 4.78 is 0. The van der Waals surface area contributed by atoms with E-state index in [9.17, 15) is 9.59 Å². The normalized spacial score (nSPS) is 11.2. The van der Waals surface area contributed by atoms with Gasteiger partial charge in [-0.25, -0.2) is 0 Å². The molecule has 0 saturated carbocycles. The Kier molecular flexibility index (Phi) is 6.96. The highest BCUT2D eigenvalue weighted by Crippen LogP contribution is 2.24. The maximum atomic E-state index is 12.8. The number of carbonyl (C=O) groups excluding carboxylic acids is 2. The van der Waals surface area contributed by atoms with Crippen molar-refractivity contribution in [2.45, 2.75) is 33.1 Å². The molecule has 0 fully saturated rings. The summed E-state index contributed by atoms with van der Waals surface area (Å²) in [5, 5.41) is 5.80. The first-order valence-electron chi connectivity index (χ1n) is 9.01. The van der Waals surface area contributed by atoms with Crippen molar-refractivity contribution in [1.82, 2.24) is 10.6 Å². The maximum Gasteiger partial charge on any atom is 0.232 e. The van der Waals surface area contributed by atoms with Crippen LogP contribution in [0.1, 0.15) is 44.2 Å². The van der Waals surface area contributed by atoms with Gasteiger partial charge in [0.05, 0.1) is 5.92 Å². The zero-order chi connectivity index (χ0) is 19.0. The van der Waals surface area contributed by atoms with Gasteiger partial charge in [-0.15, -0.1) is 0 Å². The molecule has 0 spiro atoms. The van der Waals surface area contributed by atoms with Crippen molar-refractivity contribution in [3.8, 4) is 0 Å². The van der Waals surface area contributed by atoms with E-state index in [1.54, 1.807) is 0 Å². The second kappa shape index (κ2) is 9.18. The molecule has 2 rings (SSSR count). The first kappa shape index (κ1) is 19.7. The fourth-order valence-electron chi connectivity index (χ4n) is 2.82. The van der Waals surface area contributed by atoms with Crippen LogP contribution in [0.5, 0.6) is 0 Å². The highest BCUT2D eigenvalue weighted by Gasteiger charge is 2.22. The van der Waals surface area contributed by atoms with Crippen molar-refractivity contribution in [3.05, 3.63) is 71.8 Å². The molecular weight excluding hydrogens is 324 g/mol. The number of carbonyl (C=O) groups is 2. The molecule has 2 aromatic rings. The monoisotopic (exact) mass is 352 g/mol. The third-order valence-electron chi connectivity index (χ3n) is 3.97. The van der Waals surface area contributed by atoms with Crippen molar-refractivity contribution in [2.24, 2.45) is 5.41 Å². The molecule has 0 aliphatic carbocycles. The first-order chi connectivity index (χ1) is 12.4. The Morgan fingerprint density at radius 1 is 0.808 bits per heavy atom. The van der Waals surface area contributed by atoms with Crippen molar-refractivity contribution >= 4 is 11.8 Å². The second-order valence-corrected chi connectivity index (χ2v) is 7.63. The minimum atomic E-state index is -0.359. The van der Waals surface area contributed by atoms with Gasteiger partial charge < -0.3 is 10.6 Å². The predicted octanol–water partition coefficient (Wildman–Crippen LogP) is 3.49. The third kappa shape index (κ3) is 6.36. The molecule has 0 heterocycles. The number of benzene rings is 2. The summed E-state index contributed by atoms with van der Waals surface area (Å²) in [5.74, 6) is -0.412. The molecule has 0 aromatic heterocycles. The Hall–Kier alpha value is -2.62. The maximum absolute atomic E-state index is 12.8. The van der Waals surface area contributed by atoms with Gasteiger partial charge in [-0.3, -0.25) is 9.59 Å². The average molecular weight is 352 g/mol. The molecule has 0 radical (unpaired) electrons. The van der Waals surface area contributed by atoms with Crippen molar-refractivity contribution in [1.29, 1.82) is 0 Å². The van der Waals surface area contributed by atoms with Crippen LogP contribution in [0, 0.1) is 5.41 Å². The summed E-state index contributed by atoms with van der Waals surface area (Å²) in [6, 6.07) is 19.5. The molecule has 26 heavy (non-hydrogen) atoms. The summed E-state index contributed by atoms with van der Waals surface area (Å²) in [6.45, 7) is 6.91. The van der Waals surface area contributed by atoms with Crippen LogP contribution >= 0.6 is 0 Å². The quantitative estimate of drug-likeness (QED) is 0.750. The average Bonchev–Trinajstić information content (AvgIpc) is 2.59. The molecule has 2 amide bonds. The molecule has 4 heteroatoms. The van der Waals surface area contributed by atoms with Gasteiger partial charge in [-0.1, -0.05) is 81.4 Å². The predicted molar refractivity (Wildman–Crippen MR) is 105 cm³/mol. The van der Waals surface area contributed by atoms with Gasteiger partial charge in [0.25, 0.3) is 0 Å². The molecule has 0 atom stereocenters. The van der Waals surface area contributed by atoms with E-state index in [2.05, 4.69) is 10.6 Å². The minimum Gasteiger partial charge on any atom is -0.354 e. The van der Waals surface area contributed by atoms with Crippen LogP contribution in [0.3, 0.4) is 0 Å². The lowest BCUT2D eigenvalue weighted by atomic mass is 9.90. The highest BCUT2D eigenvalue weighted by atomic mass is 16.2. The Morgan fingerprint density at radius 2 is 1.27 bits per heavy atom. The Balaban J connectivity index is 1.95. The standard InChI is InChI=1S/C22H28N2O2/c1-22(2,3)16-19(25)23-14-15-24-21(26)20(17-10-6-4-7-11-17)18-12-8-5-9-13-18/h4-13,20H,14-16H2,1-3H3,(H,23,25)(H,24,26). The van der Waals surface area contributed by atoms with E-state index in [4.69, 9.17) is 0 Å². The smallest absolute Gasteiger partial charge is 0.232 e. The van der Waals surface area contributed by atoms with Gasteiger partial charge in [-0.2, -0.15) is 0 Å². The zero-order valence-corrected chi connectivity index (χ0v) is 15.8. The Morgan fingerprint density at radius 3 is 1.73 bits per heavy atom. The lowest BCUT2D eigenvalue weighted by molar-refractivity contribution is -0.124. The van der Waals surface area contributed by atoms with Crippen LogP contribution in [0.25, 0.3) is 0 Å². The van der Waals surface area contributed by atoms with E-state index in [-0.39, 0.29) is 23.1 Å². The molecule has 0 saturated heterocycles. The van der Waals surface area contributed by atoms with Crippen LogP contribution in [0.4, 0.5) is 0 Å². The number of amides is 2. The fraction of sp³-hybridized carbons (Fsp3) is 0.364. The van der Waals surface area contributed by atoms with Crippen LogP contribution in [-0.2, 0) is 9.59 Å². The summed E-state index contributed by atoms with van der Waals surface area (Å²) in [7, 11) is 0. The molecule has 2 N–H and O–H groups in total. The lowest BCUT2D eigenvalue weighted by Gasteiger charge is -2.19. The first-order valence-corrected chi connectivity index (χ1v) is 9.01.